The van der Waals surface area contributed by atoms with Crippen LogP contribution in [0.5, 0.6) is 11.5 Å². The average Bonchev–Trinajstić information content (AvgIpc) is 3.29. The van der Waals surface area contributed by atoms with Crippen LogP contribution in [0, 0.1) is 20.2 Å². The summed E-state index contributed by atoms with van der Waals surface area (Å²) in [6, 6.07) is 18.0. The van der Waals surface area contributed by atoms with E-state index < -0.39 is 99.1 Å². The largest absolute Gasteiger partial charge is 1.00 e. The van der Waals surface area contributed by atoms with Gasteiger partial charge in [-0.3, -0.25) is 34.9 Å². The third-order valence-corrected chi connectivity index (χ3v) is 8.75. The van der Waals surface area contributed by atoms with Crippen molar-refractivity contribution >= 4 is 68.1 Å². The normalized spacial score (nSPS) is 17.3. The molecule has 1 atom stereocenters. The Kier molecular flexibility index (Phi) is 18.5. The van der Waals surface area contributed by atoms with Gasteiger partial charge in [0.15, 0.2) is 22.9 Å². The van der Waals surface area contributed by atoms with E-state index in [0.29, 0.717) is 18.4 Å². The number of para-hydroxylation sites is 2. The summed E-state index contributed by atoms with van der Waals surface area (Å²) in [6.07, 6.45) is -2.96. The van der Waals surface area contributed by atoms with Crippen molar-refractivity contribution < 1.29 is 155 Å². The van der Waals surface area contributed by atoms with Crippen LogP contribution in [0.1, 0.15) is 6.92 Å². The minimum atomic E-state index is -5.77. The number of hydrogen-bond acceptors (Lipinski definition) is 21. The van der Waals surface area contributed by atoms with E-state index in [-0.39, 0.29) is 112 Å². The number of anilines is 2. The number of rotatable bonds is 10. The van der Waals surface area contributed by atoms with Gasteiger partial charge in [0, 0.05) is 35.6 Å². The molecular weight excluding hydrogens is 885 g/mol. The number of carbonyl (C=O) groups is 2. The van der Waals surface area contributed by atoms with Gasteiger partial charge in [0.05, 0.1) is 26.8 Å². The van der Waals surface area contributed by atoms with Gasteiger partial charge in [-0.2, -0.15) is 4.33 Å². The molecule has 0 saturated heterocycles. The van der Waals surface area contributed by atoms with E-state index in [4.69, 9.17) is 18.9 Å². The zero-order valence-corrected chi connectivity index (χ0v) is 39.3. The molecule has 61 heavy (non-hydrogen) atoms. The summed E-state index contributed by atoms with van der Waals surface area (Å²) in [7, 11) is -5.77. The minimum absolute atomic E-state index is 0. The third kappa shape index (κ3) is 12.6. The SMILES string of the molecule is C/C1=C(\C(=O)Nc2ccccc2)N=Nc2cc([N+](=O)[O-])cc(S(=O)(=O)[O-])c2OC2(O/C=C(/C(=O)Nc3ccccc3)N=Nc3cc([N+](=O)[O-])cc(SOO[O-])c3O2)O1.[Na+].[Na+].[Na+]. The first-order chi connectivity index (χ1) is 27.7. The van der Waals surface area contributed by atoms with Crippen LogP contribution in [0.4, 0.5) is 34.1 Å². The summed E-state index contributed by atoms with van der Waals surface area (Å²) >= 11 is 0.00200. The van der Waals surface area contributed by atoms with E-state index in [1.165, 1.54) is 24.3 Å². The standard InChI is InChI=1S/C32H22N8O16S2.3Na/c1-17-27(31(42)34-19-10-6-3-7-11-19)38-36-23-13-21(40(45)46)15-26(58(48,49)50)29(23)54-32(52-17)51-16-24(30(41)33-18-8-4-2-5-9-18)37-35-22-12-20(39(43)44)14-25(28(22)53-32)57-56-55-47;;;/h2-16,47H,1H3,(H,33,41)(H,34,42)(H,48,49,50);;;/q;3*+1/p-2/b24-16-,27-17-,37-35?,38-36?;;;. The van der Waals surface area contributed by atoms with Gasteiger partial charge in [-0.05, 0) is 31.2 Å². The van der Waals surface area contributed by atoms with Crippen LogP contribution in [0.15, 0.2) is 139 Å². The summed E-state index contributed by atoms with van der Waals surface area (Å²) in [5.74, 6) is -4.68. The molecule has 2 amide bonds. The summed E-state index contributed by atoms with van der Waals surface area (Å²) in [6.45, 7) is 1.08. The molecule has 0 aliphatic carbocycles. The summed E-state index contributed by atoms with van der Waals surface area (Å²) < 4.78 is 66.0. The van der Waals surface area contributed by atoms with Crippen molar-refractivity contribution in [1.29, 1.82) is 0 Å². The van der Waals surface area contributed by atoms with E-state index in [0.717, 1.165) is 19.1 Å². The van der Waals surface area contributed by atoms with Gasteiger partial charge in [-0.15, -0.1) is 20.5 Å². The Morgan fingerprint density at radius 2 is 1.28 bits per heavy atom. The zero-order chi connectivity index (χ0) is 41.6. The molecule has 298 valence electrons. The number of nitro groups is 2. The van der Waals surface area contributed by atoms with Gasteiger partial charge in [0.1, 0.15) is 38.4 Å². The molecule has 1 unspecified atom stereocenters. The van der Waals surface area contributed by atoms with Crippen molar-refractivity contribution in [3.63, 3.8) is 0 Å². The van der Waals surface area contributed by atoms with E-state index in [1.807, 2.05) is 0 Å². The Bertz CT molecular complexity index is 2570. The maximum absolute atomic E-state index is 13.7. The van der Waals surface area contributed by atoms with Gasteiger partial charge < -0.3 is 39.4 Å². The molecule has 2 heterocycles. The fourth-order valence-electron chi connectivity index (χ4n) is 4.80. The molecule has 2 aliphatic heterocycles. The van der Waals surface area contributed by atoms with Gasteiger partial charge in [-0.25, -0.2) is 8.42 Å². The van der Waals surface area contributed by atoms with Crippen molar-refractivity contribution in [2.24, 2.45) is 20.5 Å². The second kappa shape index (κ2) is 22.1. The number of ether oxygens (including phenoxy) is 4. The van der Waals surface area contributed by atoms with Crippen molar-refractivity contribution in [2.45, 2.75) is 22.9 Å². The second-order valence-corrected chi connectivity index (χ2v) is 13.2. The number of nitrogens with zero attached hydrogens (tertiary/aromatic N) is 6. The summed E-state index contributed by atoms with van der Waals surface area (Å²) in [5.41, 5.74) is -4.32. The first-order valence-electron chi connectivity index (χ1n) is 15.6. The Hall–Kier alpha value is -4.36. The van der Waals surface area contributed by atoms with Gasteiger partial charge in [-0.1, -0.05) is 36.4 Å². The monoisotopic (exact) mass is 905 g/mol. The quantitative estimate of drug-likeness (QED) is 0.0386. The summed E-state index contributed by atoms with van der Waals surface area (Å²) in [5, 5.41) is 58.5. The van der Waals surface area contributed by atoms with E-state index in [1.54, 1.807) is 36.4 Å². The minimum Gasteiger partial charge on any atom is -0.744 e. The Labute approximate surface area is 412 Å². The number of benzene rings is 4. The number of carbonyl (C=O) groups excluding carboxylic acids is 2. The van der Waals surface area contributed by atoms with Crippen LogP contribution < -0.4 is 114 Å². The van der Waals surface area contributed by atoms with Crippen molar-refractivity contribution in [1.82, 2.24) is 0 Å². The topological polar surface area (TPSA) is 330 Å². The van der Waals surface area contributed by atoms with Crippen molar-refractivity contribution in [3.05, 3.63) is 129 Å². The zero-order valence-electron chi connectivity index (χ0n) is 31.7. The van der Waals surface area contributed by atoms with Crippen LogP contribution in [0.3, 0.4) is 0 Å². The first kappa shape index (κ1) is 51.0. The number of amides is 2. The molecule has 2 aliphatic rings. The predicted molar refractivity (Wildman–Crippen MR) is 188 cm³/mol. The molecule has 29 heteroatoms. The molecule has 4 aromatic carbocycles. The van der Waals surface area contributed by atoms with Gasteiger partial charge >= 0.3 is 94.8 Å². The fourth-order valence-corrected chi connectivity index (χ4v) is 5.93. The maximum Gasteiger partial charge on any atom is 1.00 e. The molecule has 0 bridgehead atoms. The maximum atomic E-state index is 13.7. The Morgan fingerprint density at radius 1 is 0.754 bits per heavy atom. The van der Waals surface area contributed by atoms with Crippen molar-refractivity contribution in [2.75, 3.05) is 10.6 Å². The van der Waals surface area contributed by atoms with Gasteiger partial charge in [0.25, 0.3) is 23.2 Å². The Morgan fingerprint density at radius 3 is 1.84 bits per heavy atom. The van der Waals surface area contributed by atoms with E-state index in [9.17, 15) is 48.0 Å². The molecule has 1 spiro atoms. The van der Waals surface area contributed by atoms with Crippen LogP contribution in [0.25, 0.3) is 0 Å². The van der Waals surface area contributed by atoms with Crippen LogP contribution in [-0.4, -0.2) is 40.8 Å². The van der Waals surface area contributed by atoms with Crippen LogP contribution in [-0.2, 0) is 38.6 Å². The summed E-state index contributed by atoms with van der Waals surface area (Å²) in [4.78, 5) is 47.1. The van der Waals surface area contributed by atoms with Crippen LogP contribution in [0.2, 0.25) is 0 Å². The molecule has 4 aromatic rings. The molecule has 6 rings (SSSR count). The number of nitro benzene ring substituents is 2. The van der Waals surface area contributed by atoms with Crippen molar-refractivity contribution in [3.8, 4) is 11.5 Å². The molecule has 0 radical (unpaired) electrons. The molecule has 0 aromatic heterocycles. The molecule has 0 saturated carbocycles. The number of nitrogens with one attached hydrogen (secondary N) is 2. The number of allylic oxidation sites excluding steroid dienone is 1. The molecule has 0 fully saturated rings. The number of fused-ring (bicyclic) bond motifs is 2. The number of non-ortho nitro benzene ring substituents is 2. The number of hydrogen-bond donors (Lipinski definition) is 2. The second-order valence-electron chi connectivity index (χ2n) is 11.1. The van der Waals surface area contributed by atoms with Gasteiger partial charge in [0.2, 0.25) is 0 Å². The molecule has 24 nitrogen and oxygen atoms in total. The first-order valence-corrected chi connectivity index (χ1v) is 17.8. The fraction of sp³-hybridized carbons (Fsp3) is 0.0625. The van der Waals surface area contributed by atoms with E-state index >= 15 is 0 Å². The Balaban J connectivity index is 0.00000331. The molecular formula is C32H20N8Na3O16S2+. The number of azo groups is 2. The predicted octanol–water partition coefficient (Wildman–Crippen LogP) is -3.70. The smallest absolute Gasteiger partial charge is 0.744 e. The van der Waals surface area contributed by atoms with Crippen LogP contribution >= 0.6 is 12.0 Å². The van der Waals surface area contributed by atoms with E-state index in [2.05, 4.69) is 40.5 Å². The third-order valence-electron chi connectivity index (χ3n) is 7.30. The molecule has 2 N–H and O–H groups in total. The average molecular weight is 906 g/mol.